The van der Waals surface area contributed by atoms with Crippen molar-refractivity contribution in [1.29, 1.82) is 0 Å². The van der Waals surface area contributed by atoms with E-state index in [1.165, 1.54) is 0 Å². The highest BCUT2D eigenvalue weighted by Gasteiger charge is 2.45. The third-order valence-corrected chi connectivity index (χ3v) is 4.89. The molecule has 1 atom stereocenters. The van der Waals surface area contributed by atoms with Crippen LogP contribution in [-0.4, -0.2) is 6.29 Å². The zero-order valence-corrected chi connectivity index (χ0v) is 13.5. The van der Waals surface area contributed by atoms with Gasteiger partial charge in [0, 0.05) is 16.5 Å². The molecule has 1 aliphatic rings. The number of rotatable bonds is 2. The van der Waals surface area contributed by atoms with Gasteiger partial charge in [0.2, 0.25) is 0 Å². The quantitative estimate of drug-likeness (QED) is 0.395. The first kappa shape index (κ1) is 13.8. The number of fused-ring (bicyclic) bond motifs is 3. The van der Waals surface area contributed by atoms with Crippen molar-refractivity contribution in [1.82, 2.24) is 5.43 Å². The van der Waals surface area contributed by atoms with Crippen LogP contribution in [0.2, 0.25) is 0 Å². The Labute approximate surface area is 139 Å². The van der Waals surface area contributed by atoms with Crippen molar-refractivity contribution in [3.8, 4) is 0 Å². The molecule has 1 aliphatic heterocycles. The number of para-hydroxylation sites is 1. The molecule has 0 saturated heterocycles. The predicted octanol–water partition coefficient (Wildman–Crippen LogP) is 4.38. The molecule has 0 saturated carbocycles. The Kier molecular flexibility index (Phi) is 3.04. The van der Waals surface area contributed by atoms with Crippen LogP contribution < -0.4 is 10.9 Å². The zero-order chi connectivity index (χ0) is 15.3. The fourth-order valence-electron chi connectivity index (χ4n) is 2.76. The summed E-state index contributed by atoms with van der Waals surface area (Å²) in [5.41, 5.74) is 8.77. The van der Waals surface area contributed by atoms with E-state index >= 15 is 0 Å². The monoisotopic (exact) mass is 376 g/mol. The smallest absolute Gasteiger partial charge is 0.196 e. The molecule has 6 heteroatoms. The van der Waals surface area contributed by atoms with Crippen LogP contribution >= 0.6 is 27.5 Å². The molecule has 110 valence electrons. The molecule has 22 heavy (non-hydrogen) atoms. The van der Waals surface area contributed by atoms with E-state index in [9.17, 15) is 4.79 Å². The van der Waals surface area contributed by atoms with Gasteiger partial charge < -0.3 is 9.84 Å². The van der Waals surface area contributed by atoms with Gasteiger partial charge in [-0.25, -0.2) is 5.43 Å². The molecular formula is C16H10BrClN2O2. The van der Waals surface area contributed by atoms with E-state index < -0.39 is 5.00 Å². The topological polar surface area (TPSA) is 54.3 Å². The average Bonchev–Trinajstić information content (AvgIpc) is 3.08. The molecule has 0 radical (unpaired) electrons. The number of halogens is 2. The minimum Gasteiger partial charge on any atom is -0.454 e. The summed E-state index contributed by atoms with van der Waals surface area (Å²) < 4.78 is 6.84. The van der Waals surface area contributed by atoms with E-state index in [-0.39, 0.29) is 0 Å². The van der Waals surface area contributed by atoms with Crippen LogP contribution in [0.4, 0.5) is 5.69 Å². The summed E-state index contributed by atoms with van der Waals surface area (Å²) in [6.07, 6.45) is 0.789. The second-order valence-electron chi connectivity index (χ2n) is 5.04. The summed E-state index contributed by atoms with van der Waals surface area (Å²) in [4.78, 5) is 10.2. The van der Waals surface area contributed by atoms with E-state index in [0.717, 1.165) is 27.4 Å². The van der Waals surface area contributed by atoms with Gasteiger partial charge >= 0.3 is 0 Å². The molecular weight excluding hydrogens is 368 g/mol. The fraction of sp³-hybridized carbons (Fsp3) is 0.0625. The molecule has 4 nitrogen and oxygen atoms in total. The third kappa shape index (κ3) is 1.76. The second-order valence-corrected chi connectivity index (χ2v) is 6.46. The number of furan rings is 1. The molecule has 0 amide bonds. The van der Waals surface area contributed by atoms with Gasteiger partial charge in [0.25, 0.3) is 0 Å². The Bertz CT molecular complexity index is 908. The molecule has 3 aromatic rings. The van der Waals surface area contributed by atoms with Crippen LogP contribution in [0.1, 0.15) is 21.7 Å². The van der Waals surface area contributed by atoms with Crippen molar-refractivity contribution in [2.75, 3.05) is 5.43 Å². The summed E-state index contributed by atoms with van der Waals surface area (Å²) in [6.45, 7) is 0. The molecule has 2 heterocycles. The van der Waals surface area contributed by atoms with Crippen molar-refractivity contribution >= 4 is 50.5 Å². The van der Waals surface area contributed by atoms with E-state index in [1.54, 1.807) is 12.1 Å². The van der Waals surface area contributed by atoms with Gasteiger partial charge in [-0.2, -0.15) is 0 Å². The minimum atomic E-state index is -1.13. The summed E-state index contributed by atoms with van der Waals surface area (Å²) >= 11 is 10.3. The number of hydrogen-bond donors (Lipinski definition) is 2. The lowest BCUT2D eigenvalue weighted by molar-refractivity contribution is 0.112. The first-order valence-electron chi connectivity index (χ1n) is 6.63. The minimum absolute atomic E-state index is 0.513. The van der Waals surface area contributed by atoms with Crippen LogP contribution in [0.5, 0.6) is 0 Å². The number of carbonyl (C=O) groups is 1. The van der Waals surface area contributed by atoms with Gasteiger partial charge in [0.1, 0.15) is 12.0 Å². The summed E-state index contributed by atoms with van der Waals surface area (Å²) in [7, 11) is 0. The molecule has 0 fully saturated rings. The van der Waals surface area contributed by atoms with Gasteiger partial charge in [-0.3, -0.25) is 4.79 Å². The van der Waals surface area contributed by atoms with E-state index in [4.69, 9.17) is 16.0 Å². The maximum atomic E-state index is 11.3. The zero-order valence-electron chi connectivity index (χ0n) is 11.2. The molecule has 0 spiro atoms. The van der Waals surface area contributed by atoms with E-state index in [1.807, 2.05) is 30.3 Å². The van der Waals surface area contributed by atoms with Crippen molar-refractivity contribution in [3.05, 3.63) is 63.8 Å². The number of hydrogen-bond acceptors (Lipinski definition) is 4. The normalized spacial score (nSPS) is 19.9. The standard InChI is InChI=1S/C16H10BrClN2O2/c17-12-7-3-5-10-13-15(22-14(10)12)16(18,20-19-13)11-6-2-1-4-9(11)8-21/h1-8,19-20H. The lowest BCUT2D eigenvalue weighted by Crippen LogP contribution is -2.36. The number of alkyl halides is 1. The molecule has 0 aliphatic carbocycles. The predicted molar refractivity (Wildman–Crippen MR) is 89.1 cm³/mol. The highest BCUT2D eigenvalue weighted by molar-refractivity contribution is 9.10. The first-order valence-corrected chi connectivity index (χ1v) is 7.80. The first-order chi connectivity index (χ1) is 10.6. The maximum Gasteiger partial charge on any atom is 0.196 e. The molecule has 2 aromatic carbocycles. The van der Waals surface area contributed by atoms with Crippen molar-refractivity contribution in [2.24, 2.45) is 0 Å². The van der Waals surface area contributed by atoms with Crippen molar-refractivity contribution in [3.63, 3.8) is 0 Å². The van der Waals surface area contributed by atoms with Crippen LogP contribution in [0.3, 0.4) is 0 Å². The van der Waals surface area contributed by atoms with Crippen LogP contribution in [0, 0.1) is 0 Å². The maximum absolute atomic E-state index is 11.3. The second kappa shape index (κ2) is 4.84. The van der Waals surface area contributed by atoms with Crippen molar-refractivity contribution < 1.29 is 9.21 Å². The number of hydrazine groups is 1. The van der Waals surface area contributed by atoms with Crippen molar-refractivity contribution in [2.45, 2.75) is 5.00 Å². The Morgan fingerprint density at radius 2 is 2.00 bits per heavy atom. The number of carbonyl (C=O) groups excluding carboxylic acids is 1. The lowest BCUT2D eigenvalue weighted by Gasteiger charge is -2.22. The van der Waals surface area contributed by atoms with E-state index in [0.29, 0.717) is 16.9 Å². The number of anilines is 1. The van der Waals surface area contributed by atoms with E-state index in [2.05, 4.69) is 26.8 Å². The number of benzene rings is 2. The summed E-state index contributed by atoms with van der Waals surface area (Å²) in [5.74, 6) is 0.547. The van der Waals surface area contributed by atoms with Gasteiger partial charge in [-0.1, -0.05) is 41.9 Å². The Balaban J connectivity index is 1.99. The molecule has 2 N–H and O–H groups in total. The summed E-state index contributed by atoms with van der Waals surface area (Å²) in [5, 5.41) is 0.919. The Hall–Kier alpha value is -1.82. The average molecular weight is 378 g/mol. The largest absolute Gasteiger partial charge is 0.454 e. The Morgan fingerprint density at radius 1 is 1.18 bits per heavy atom. The highest BCUT2D eigenvalue weighted by atomic mass is 79.9. The van der Waals surface area contributed by atoms with Crippen LogP contribution in [-0.2, 0) is 5.00 Å². The van der Waals surface area contributed by atoms with Gasteiger partial charge in [-0.15, -0.1) is 0 Å². The molecule has 1 unspecified atom stereocenters. The Morgan fingerprint density at radius 3 is 2.82 bits per heavy atom. The van der Waals surface area contributed by atoms with Gasteiger partial charge in [-0.05, 0) is 28.1 Å². The lowest BCUT2D eigenvalue weighted by atomic mass is 9.99. The summed E-state index contributed by atoms with van der Waals surface area (Å²) in [6, 6.07) is 13.0. The third-order valence-electron chi connectivity index (χ3n) is 3.80. The van der Waals surface area contributed by atoms with Gasteiger partial charge in [0.15, 0.2) is 16.3 Å². The van der Waals surface area contributed by atoms with Gasteiger partial charge in [0.05, 0.1) is 4.47 Å². The highest BCUT2D eigenvalue weighted by Crippen LogP contribution is 2.48. The molecule has 4 rings (SSSR count). The van der Waals surface area contributed by atoms with Crippen LogP contribution in [0.25, 0.3) is 11.0 Å². The fourth-order valence-corrected chi connectivity index (χ4v) is 3.56. The van der Waals surface area contributed by atoms with Crippen LogP contribution in [0.15, 0.2) is 51.4 Å². The number of aldehydes is 1. The molecule has 1 aromatic heterocycles. The molecule has 0 bridgehead atoms. The SMILES string of the molecule is O=Cc1ccccc1C1(Cl)NNc2c1oc1c(Br)cccc21. The number of nitrogens with one attached hydrogen (secondary N) is 2.